The monoisotopic (exact) mass is 269 g/mol. The maximum absolute atomic E-state index is 13.4. The second-order valence-electron chi connectivity index (χ2n) is 4.28. The van der Waals surface area contributed by atoms with Gasteiger partial charge < -0.3 is 16.0 Å². The number of hydrogen-bond acceptors (Lipinski definition) is 2. The number of benzene rings is 1. The lowest BCUT2D eigenvalue weighted by atomic mass is 10.2. The molecule has 1 aromatic rings. The van der Waals surface area contributed by atoms with Crippen molar-refractivity contribution in [2.24, 2.45) is 5.73 Å². The van der Waals surface area contributed by atoms with Crippen LogP contribution in [0.25, 0.3) is 0 Å². The van der Waals surface area contributed by atoms with Crippen LogP contribution in [0.1, 0.15) is 12.8 Å². The van der Waals surface area contributed by atoms with Crippen LogP contribution in [0.3, 0.4) is 0 Å². The fraction of sp³-hybridized carbons (Fsp3) is 0.333. The number of amides is 3. The summed E-state index contributed by atoms with van der Waals surface area (Å²) in [6, 6.07) is 1.81. The van der Waals surface area contributed by atoms with E-state index in [0.29, 0.717) is 19.4 Å². The second kappa shape index (κ2) is 5.21. The minimum Gasteiger partial charge on any atom is -0.368 e. The maximum Gasteiger partial charge on any atom is 0.322 e. The van der Waals surface area contributed by atoms with Gasteiger partial charge in [-0.2, -0.15) is 0 Å². The molecular formula is C12H13F2N3O2. The van der Waals surface area contributed by atoms with E-state index in [0.717, 1.165) is 12.1 Å². The van der Waals surface area contributed by atoms with Crippen LogP contribution in [0.5, 0.6) is 0 Å². The third-order valence-electron chi connectivity index (χ3n) is 3.04. The molecule has 3 N–H and O–H groups in total. The number of carbonyl (C=O) groups excluding carboxylic acids is 2. The van der Waals surface area contributed by atoms with Crippen molar-refractivity contribution >= 4 is 17.6 Å². The minimum atomic E-state index is -0.872. The van der Waals surface area contributed by atoms with E-state index in [1.54, 1.807) is 0 Å². The highest BCUT2D eigenvalue weighted by Gasteiger charge is 2.33. The molecule has 3 amide bonds. The van der Waals surface area contributed by atoms with E-state index in [2.05, 4.69) is 5.32 Å². The maximum atomic E-state index is 13.4. The van der Waals surface area contributed by atoms with Crippen molar-refractivity contribution in [1.29, 1.82) is 0 Å². The molecule has 0 saturated carbocycles. The summed E-state index contributed by atoms with van der Waals surface area (Å²) >= 11 is 0. The zero-order valence-corrected chi connectivity index (χ0v) is 10.0. The quantitative estimate of drug-likeness (QED) is 0.852. The lowest BCUT2D eigenvalue weighted by Crippen LogP contribution is -2.45. The van der Waals surface area contributed by atoms with Gasteiger partial charge in [0.1, 0.15) is 23.4 Å². The number of hydrogen-bond donors (Lipinski definition) is 2. The predicted octanol–water partition coefficient (Wildman–Crippen LogP) is 1.45. The third-order valence-corrected chi connectivity index (χ3v) is 3.04. The van der Waals surface area contributed by atoms with Crippen molar-refractivity contribution < 1.29 is 18.4 Å². The Labute approximate surface area is 108 Å². The first-order valence-corrected chi connectivity index (χ1v) is 5.81. The van der Waals surface area contributed by atoms with E-state index in [4.69, 9.17) is 5.73 Å². The standard InChI is InChI=1S/C12H13F2N3O2/c13-7-3-1-4-8(14)10(7)16-12(19)17-6-2-5-9(17)11(15)18/h1,3-4,9H,2,5-6H2,(H2,15,18)(H,16,19). The van der Waals surface area contributed by atoms with Crippen molar-refractivity contribution in [2.75, 3.05) is 11.9 Å². The Hall–Kier alpha value is -2.18. The predicted molar refractivity (Wildman–Crippen MR) is 64.3 cm³/mol. The zero-order chi connectivity index (χ0) is 14.0. The molecule has 102 valence electrons. The largest absolute Gasteiger partial charge is 0.368 e. The average Bonchev–Trinajstić information content (AvgIpc) is 2.83. The minimum absolute atomic E-state index is 0.329. The SMILES string of the molecule is NC(=O)C1CCCN1C(=O)Nc1c(F)cccc1F. The summed E-state index contributed by atoms with van der Waals surface area (Å²) in [5.74, 6) is -2.37. The molecule has 0 aromatic heterocycles. The summed E-state index contributed by atoms with van der Waals surface area (Å²) < 4.78 is 26.8. The van der Waals surface area contributed by atoms with Crippen LogP contribution in [0.15, 0.2) is 18.2 Å². The molecule has 1 saturated heterocycles. The Balaban J connectivity index is 2.15. The molecule has 0 spiro atoms. The average molecular weight is 269 g/mol. The van der Waals surface area contributed by atoms with Crippen LogP contribution in [0.4, 0.5) is 19.3 Å². The summed E-state index contributed by atoms with van der Waals surface area (Å²) in [5.41, 5.74) is 4.65. The Morgan fingerprint density at radius 1 is 1.32 bits per heavy atom. The Morgan fingerprint density at radius 2 is 1.95 bits per heavy atom. The first-order chi connectivity index (χ1) is 9.00. The smallest absolute Gasteiger partial charge is 0.322 e. The zero-order valence-electron chi connectivity index (χ0n) is 10.0. The van der Waals surface area contributed by atoms with E-state index >= 15 is 0 Å². The number of halogens is 2. The molecule has 1 heterocycles. The molecule has 1 fully saturated rings. The lowest BCUT2D eigenvalue weighted by molar-refractivity contribution is -0.121. The summed E-state index contributed by atoms with van der Waals surface area (Å²) in [6.45, 7) is 0.329. The molecule has 7 heteroatoms. The Bertz CT molecular complexity index is 501. The van der Waals surface area contributed by atoms with E-state index in [1.807, 2.05) is 0 Å². The van der Waals surface area contributed by atoms with Gasteiger partial charge in [0.2, 0.25) is 5.91 Å². The van der Waals surface area contributed by atoms with E-state index < -0.39 is 35.3 Å². The number of carbonyl (C=O) groups is 2. The normalized spacial score (nSPS) is 18.4. The lowest BCUT2D eigenvalue weighted by Gasteiger charge is -2.22. The van der Waals surface area contributed by atoms with Gasteiger partial charge in [0.15, 0.2) is 0 Å². The number of likely N-dealkylation sites (tertiary alicyclic amines) is 1. The first-order valence-electron chi connectivity index (χ1n) is 5.81. The van der Waals surface area contributed by atoms with Gasteiger partial charge in [-0.15, -0.1) is 0 Å². The van der Waals surface area contributed by atoms with Gasteiger partial charge in [-0.1, -0.05) is 6.07 Å². The number of urea groups is 1. The van der Waals surface area contributed by atoms with Gasteiger partial charge in [-0.25, -0.2) is 13.6 Å². The number of nitrogens with zero attached hydrogens (tertiary/aromatic N) is 1. The van der Waals surface area contributed by atoms with Gasteiger partial charge in [0, 0.05) is 6.54 Å². The van der Waals surface area contributed by atoms with Gasteiger partial charge in [0.25, 0.3) is 0 Å². The molecule has 1 atom stereocenters. The van der Waals surface area contributed by atoms with E-state index in [1.165, 1.54) is 11.0 Å². The highest BCUT2D eigenvalue weighted by atomic mass is 19.1. The summed E-state index contributed by atoms with van der Waals surface area (Å²) in [5, 5.41) is 2.13. The number of rotatable bonds is 2. The van der Waals surface area contributed by atoms with Crippen molar-refractivity contribution in [3.05, 3.63) is 29.8 Å². The molecule has 2 rings (SSSR count). The van der Waals surface area contributed by atoms with Gasteiger partial charge in [0.05, 0.1) is 0 Å². The summed E-state index contributed by atoms with van der Waals surface area (Å²) in [4.78, 5) is 24.3. The van der Waals surface area contributed by atoms with Crippen LogP contribution < -0.4 is 11.1 Å². The molecule has 5 nitrogen and oxygen atoms in total. The van der Waals surface area contributed by atoms with Gasteiger partial charge in [-0.05, 0) is 25.0 Å². The number of para-hydroxylation sites is 1. The van der Waals surface area contributed by atoms with Crippen LogP contribution in [0, 0.1) is 11.6 Å². The van der Waals surface area contributed by atoms with Crippen LogP contribution in [-0.4, -0.2) is 29.4 Å². The van der Waals surface area contributed by atoms with Crippen molar-refractivity contribution in [3.8, 4) is 0 Å². The highest BCUT2D eigenvalue weighted by molar-refractivity contribution is 5.94. The van der Waals surface area contributed by atoms with Crippen molar-refractivity contribution in [3.63, 3.8) is 0 Å². The summed E-state index contributed by atoms with van der Waals surface area (Å²) in [6.07, 6.45) is 1.09. The molecule has 0 radical (unpaired) electrons. The van der Waals surface area contributed by atoms with E-state index in [9.17, 15) is 18.4 Å². The molecular weight excluding hydrogens is 256 g/mol. The molecule has 0 bridgehead atoms. The summed E-state index contributed by atoms with van der Waals surface area (Å²) in [7, 11) is 0. The number of anilines is 1. The highest BCUT2D eigenvalue weighted by Crippen LogP contribution is 2.22. The topological polar surface area (TPSA) is 75.4 Å². The fourth-order valence-corrected chi connectivity index (χ4v) is 2.10. The van der Waals surface area contributed by atoms with Gasteiger partial charge in [-0.3, -0.25) is 4.79 Å². The first kappa shape index (κ1) is 13.3. The second-order valence-corrected chi connectivity index (χ2v) is 4.28. The fourth-order valence-electron chi connectivity index (χ4n) is 2.10. The van der Waals surface area contributed by atoms with Crippen LogP contribution in [-0.2, 0) is 4.79 Å². The molecule has 19 heavy (non-hydrogen) atoms. The molecule has 1 unspecified atom stereocenters. The molecule has 1 aliphatic heterocycles. The molecule has 0 aliphatic carbocycles. The number of primary amides is 1. The number of nitrogens with one attached hydrogen (secondary N) is 1. The van der Waals surface area contributed by atoms with Gasteiger partial charge >= 0.3 is 6.03 Å². The molecule has 1 aliphatic rings. The Kier molecular flexibility index (Phi) is 3.64. The van der Waals surface area contributed by atoms with Crippen molar-refractivity contribution in [1.82, 2.24) is 4.90 Å². The Morgan fingerprint density at radius 3 is 2.53 bits per heavy atom. The van der Waals surface area contributed by atoms with E-state index in [-0.39, 0.29) is 0 Å². The van der Waals surface area contributed by atoms with Crippen LogP contribution in [0.2, 0.25) is 0 Å². The van der Waals surface area contributed by atoms with Crippen molar-refractivity contribution in [2.45, 2.75) is 18.9 Å². The van der Waals surface area contributed by atoms with Crippen LogP contribution >= 0.6 is 0 Å². The number of nitrogens with two attached hydrogens (primary N) is 1. The third kappa shape index (κ3) is 2.64. The molecule has 1 aromatic carbocycles.